The van der Waals surface area contributed by atoms with Gasteiger partial charge in [0.15, 0.2) is 11.5 Å². The van der Waals surface area contributed by atoms with Gasteiger partial charge in [0.05, 0.1) is 40.9 Å². The van der Waals surface area contributed by atoms with Crippen molar-refractivity contribution < 1.29 is 33.8 Å². The monoisotopic (exact) mass is 762 g/mol. The summed E-state index contributed by atoms with van der Waals surface area (Å²) in [6.45, 7) is 2.42. The highest BCUT2D eigenvalue weighted by Gasteiger charge is 2.57. The van der Waals surface area contributed by atoms with Crippen LogP contribution in [0.4, 0.5) is 17.1 Å². The van der Waals surface area contributed by atoms with Crippen LogP contribution in [0.3, 0.4) is 0 Å². The lowest BCUT2D eigenvalue weighted by atomic mass is 9.58. The zero-order chi connectivity index (χ0) is 33.9. The molecule has 0 radical (unpaired) electrons. The number of rotatable bonds is 11. The van der Waals surface area contributed by atoms with Gasteiger partial charge in [0.1, 0.15) is 0 Å². The first-order valence-electron chi connectivity index (χ1n) is 16.3. The molecule has 2 heterocycles. The molecule has 11 heteroatoms. The van der Waals surface area contributed by atoms with E-state index in [-0.39, 0.29) is 29.8 Å². The molecule has 2 aliphatic heterocycles. The predicted octanol–water partition coefficient (Wildman–Crippen LogP) is 6.97. The number of nitrogens with one attached hydrogen (secondary N) is 1. The van der Waals surface area contributed by atoms with E-state index in [1.165, 1.54) is 17.6 Å². The standard InChI is InChI=1S/C37H40BIN2O7/c1-4-22(16-23-17-30(39)35(42)32(18-23)47-3)10-15-31-33-24(21-46-2)19-28-34(29(33)20-38(45)48-31)37(44)41(36(28)43)27-13-11-26(12-14-27)40-25-8-6-5-7-9-25/h5-9,11-14,16-18,28-29,31,34,40,42,45H,4,10,15,19-21H2,1-3H3/b22-16+/t28-,29+,31-,34-/m1/s1. The first-order valence-corrected chi connectivity index (χ1v) is 17.4. The minimum absolute atomic E-state index is 0.118. The fraction of sp³-hybridized carbons (Fsp3) is 0.351. The molecule has 0 unspecified atom stereocenters. The van der Waals surface area contributed by atoms with Gasteiger partial charge >= 0.3 is 7.12 Å². The van der Waals surface area contributed by atoms with Gasteiger partial charge in [-0.05, 0) is 126 Å². The first-order chi connectivity index (χ1) is 23.2. The van der Waals surface area contributed by atoms with E-state index in [1.807, 2.05) is 54.6 Å². The van der Waals surface area contributed by atoms with Crippen LogP contribution in [0.2, 0.25) is 6.32 Å². The van der Waals surface area contributed by atoms with Gasteiger partial charge in [0.2, 0.25) is 11.8 Å². The van der Waals surface area contributed by atoms with Crippen LogP contribution in [0.25, 0.3) is 6.08 Å². The van der Waals surface area contributed by atoms with Gasteiger partial charge in [-0.2, -0.15) is 0 Å². The number of allylic oxidation sites excluding steroid dienone is 1. The third kappa shape index (κ3) is 6.91. The Bertz CT molecular complexity index is 1730. The summed E-state index contributed by atoms with van der Waals surface area (Å²) < 4.78 is 17.8. The van der Waals surface area contributed by atoms with Crippen LogP contribution in [0.15, 0.2) is 83.4 Å². The second kappa shape index (κ2) is 14.9. The molecule has 4 atom stereocenters. The van der Waals surface area contributed by atoms with E-state index in [9.17, 15) is 19.7 Å². The molecule has 0 spiro atoms. The molecule has 250 valence electrons. The van der Waals surface area contributed by atoms with Crippen LogP contribution >= 0.6 is 22.6 Å². The molecule has 2 fully saturated rings. The highest BCUT2D eigenvalue weighted by Crippen LogP contribution is 2.51. The highest BCUT2D eigenvalue weighted by molar-refractivity contribution is 14.1. The second-order valence-electron chi connectivity index (χ2n) is 12.5. The Morgan fingerprint density at radius 2 is 1.79 bits per heavy atom. The van der Waals surface area contributed by atoms with Gasteiger partial charge in [0.25, 0.3) is 0 Å². The summed E-state index contributed by atoms with van der Waals surface area (Å²) in [4.78, 5) is 29.4. The van der Waals surface area contributed by atoms with Crippen molar-refractivity contribution in [1.82, 2.24) is 0 Å². The average Bonchev–Trinajstić information content (AvgIpc) is 3.33. The van der Waals surface area contributed by atoms with Gasteiger partial charge in [-0.1, -0.05) is 36.8 Å². The van der Waals surface area contributed by atoms with Gasteiger partial charge in [0, 0.05) is 18.5 Å². The van der Waals surface area contributed by atoms with Gasteiger partial charge in [-0.25, -0.2) is 0 Å². The van der Waals surface area contributed by atoms with Crippen molar-refractivity contribution in [2.75, 3.05) is 31.0 Å². The number of benzene rings is 3. The lowest BCUT2D eigenvalue weighted by Crippen LogP contribution is -2.46. The second-order valence-corrected chi connectivity index (χ2v) is 13.7. The molecule has 48 heavy (non-hydrogen) atoms. The van der Waals surface area contributed by atoms with Gasteiger partial charge in [-0.3, -0.25) is 14.5 Å². The van der Waals surface area contributed by atoms with Crippen molar-refractivity contribution in [3.63, 3.8) is 0 Å². The number of phenolic OH excluding ortho intramolecular Hbond substituents is 1. The molecule has 3 aliphatic rings. The Labute approximate surface area is 295 Å². The zero-order valence-corrected chi connectivity index (χ0v) is 29.5. The molecular formula is C37H40BIN2O7. The molecule has 3 aromatic carbocycles. The number of nitrogens with zero attached hydrogens (tertiary/aromatic N) is 1. The van der Waals surface area contributed by atoms with Crippen LogP contribution in [-0.2, 0) is 19.0 Å². The maximum atomic E-state index is 14.2. The first kappa shape index (κ1) is 34.2. The van der Waals surface area contributed by atoms with E-state index in [0.29, 0.717) is 40.9 Å². The van der Waals surface area contributed by atoms with Crippen LogP contribution in [-0.4, -0.2) is 56.0 Å². The summed E-state index contributed by atoms with van der Waals surface area (Å²) in [7, 11) is 2.11. The number of amides is 2. The lowest BCUT2D eigenvalue weighted by molar-refractivity contribution is -0.122. The molecule has 1 aliphatic carbocycles. The van der Waals surface area contributed by atoms with Crippen LogP contribution in [0, 0.1) is 21.3 Å². The van der Waals surface area contributed by atoms with E-state index in [0.717, 1.165) is 34.5 Å². The third-order valence-electron chi connectivity index (χ3n) is 9.64. The summed E-state index contributed by atoms with van der Waals surface area (Å²) >= 11 is 2.09. The third-order valence-corrected chi connectivity index (χ3v) is 10.5. The number of hydrogen-bond donors (Lipinski definition) is 3. The number of carbonyl (C=O) groups excluding carboxylic acids is 2. The van der Waals surface area contributed by atoms with Crippen molar-refractivity contribution in [3.8, 4) is 11.5 Å². The minimum Gasteiger partial charge on any atom is -0.504 e. The van der Waals surface area contributed by atoms with E-state index in [2.05, 4.69) is 40.9 Å². The van der Waals surface area contributed by atoms with E-state index >= 15 is 0 Å². The minimum atomic E-state index is -1.05. The molecule has 2 amide bonds. The molecular weight excluding hydrogens is 722 g/mol. The maximum Gasteiger partial charge on any atom is 0.455 e. The number of anilines is 3. The average molecular weight is 762 g/mol. The Balaban J connectivity index is 1.24. The number of halogens is 1. The number of hydrogen-bond acceptors (Lipinski definition) is 8. The molecule has 3 aromatic rings. The topological polar surface area (TPSA) is 118 Å². The van der Waals surface area contributed by atoms with Gasteiger partial charge in [-0.15, -0.1) is 0 Å². The summed E-state index contributed by atoms with van der Waals surface area (Å²) in [6.07, 6.45) is 4.43. The number of aromatic hydroxyl groups is 1. The highest BCUT2D eigenvalue weighted by atomic mass is 127. The van der Waals surface area contributed by atoms with Crippen molar-refractivity contribution >= 4 is 64.7 Å². The smallest absolute Gasteiger partial charge is 0.455 e. The van der Waals surface area contributed by atoms with Crippen molar-refractivity contribution in [2.24, 2.45) is 17.8 Å². The van der Waals surface area contributed by atoms with Crippen molar-refractivity contribution in [1.29, 1.82) is 0 Å². The molecule has 0 bridgehead atoms. The quantitative estimate of drug-likeness (QED) is 0.0831. The van der Waals surface area contributed by atoms with Crippen LogP contribution in [0.1, 0.15) is 38.2 Å². The van der Waals surface area contributed by atoms with Crippen LogP contribution in [0.5, 0.6) is 11.5 Å². The zero-order valence-electron chi connectivity index (χ0n) is 27.3. The number of fused-ring (bicyclic) bond motifs is 3. The van der Waals surface area contributed by atoms with E-state index < -0.39 is 25.1 Å². The number of ether oxygens (including phenoxy) is 2. The Morgan fingerprint density at radius 3 is 2.48 bits per heavy atom. The Kier molecular flexibility index (Phi) is 10.6. The molecule has 0 aromatic heterocycles. The van der Waals surface area contributed by atoms with Crippen molar-refractivity contribution in [3.05, 3.63) is 92.6 Å². The number of para-hydroxylation sites is 1. The predicted molar refractivity (Wildman–Crippen MR) is 195 cm³/mol. The fourth-order valence-electron chi connectivity index (χ4n) is 7.44. The molecule has 3 N–H and O–H groups in total. The molecule has 9 nitrogen and oxygen atoms in total. The number of imide groups is 1. The lowest BCUT2D eigenvalue weighted by Gasteiger charge is -2.43. The van der Waals surface area contributed by atoms with Crippen LogP contribution < -0.4 is 15.0 Å². The largest absolute Gasteiger partial charge is 0.504 e. The van der Waals surface area contributed by atoms with Gasteiger partial charge < -0.3 is 29.6 Å². The molecule has 0 saturated carbocycles. The SMILES string of the molecule is CC/C(=C\c1cc(I)c(O)c(OC)c1)CC[C@H]1OB(O)C[C@H]2C1=C(COC)C[C@H]1C(=O)N(c3ccc(Nc4ccccc4)cc3)C(=O)[C@H]12. The maximum absolute atomic E-state index is 14.2. The Hall–Kier alpha value is -3.65. The molecule has 2 saturated heterocycles. The normalized spacial score (nSPS) is 22.6. The van der Waals surface area contributed by atoms with E-state index in [1.54, 1.807) is 19.2 Å². The van der Waals surface area contributed by atoms with Crippen molar-refractivity contribution in [2.45, 2.75) is 45.0 Å². The Morgan fingerprint density at radius 1 is 1.06 bits per heavy atom. The van der Waals surface area contributed by atoms with E-state index in [4.69, 9.17) is 14.1 Å². The summed E-state index contributed by atoms with van der Waals surface area (Å²) in [5, 5.41) is 24.6. The number of phenols is 1. The number of methoxy groups -OCH3 is 2. The summed E-state index contributed by atoms with van der Waals surface area (Å²) in [6, 6.07) is 20.9. The summed E-state index contributed by atoms with van der Waals surface area (Å²) in [5.74, 6) is -1.35. The fourth-order valence-corrected chi connectivity index (χ4v) is 8.07. The molecule has 6 rings (SSSR count). The number of carbonyl (C=O) groups is 2. The summed E-state index contributed by atoms with van der Waals surface area (Å²) in [5.41, 5.74) is 6.39.